The van der Waals surface area contributed by atoms with Crippen LogP contribution in [0.1, 0.15) is 18.5 Å². The number of rotatable bonds is 8. The van der Waals surface area contributed by atoms with E-state index in [2.05, 4.69) is 25.6 Å². The van der Waals surface area contributed by atoms with Crippen molar-refractivity contribution in [1.82, 2.24) is 15.0 Å². The van der Waals surface area contributed by atoms with Crippen LogP contribution in [-0.2, 0) is 4.79 Å². The molecule has 0 aliphatic rings. The third-order valence-corrected chi connectivity index (χ3v) is 4.57. The number of nitrogens with two attached hydrogens (primary N) is 1. The smallest absolute Gasteiger partial charge is 0.233 e. The molecule has 7 nitrogen and oxygen atoms in total. The van der Waals surface area contributed by atoms with Crippen LogP contribution in [0, 0.1) is 5.82 Å². The van der Waals surface area contributed by atoms with Crippen molar-refractivity contribution < 1.29 is 9.18 Å². The molecule has 1 atom stereocenters. The molecule has 0 spiro atoms. The highest BCUT2D eigenvalue weighted by molar-refractivity contribution is 7.99. The van der Waals surface area contributed by atoms with Crippen LogP contribution < -0.4 is 16.4 Å². The number of thioether (sulfide) groups is 1. The molecule has 1 heterocycles. The molecular weight excluding hydrogens is 379 g/mol. The van der Waals surface area contributed by atoms with Gasteiger partial charge in [0.15, 0.2) is 5.16 Å². The Balaban J connectivity index is 1.83. The van der Waals surface area contributed by atoms with Gasteiger partial charge in [0.2, 0.25) is 17.8 Å². The van der Waals surface area contributed by atoms with Crippen LogP contribution in [0.3, 0.4) is 0 Å². The van der Waals surface area contributed by atoms with Crippen LogP contribution >= 0.6 is 11.8 Å². The number of aromatic nitrogens is 3. The molecule has 0 fully saturated rings. The summed E-state index contributed by atoms with van der Waals surface area (Å²) in [5, 5.41) is 6.59. The number of nitrogens with zero attached hydrogens (tertiary/aromatic N) is 3. The fourth-order valence-electron chi connectivity index (χ4n) is 2.36. The Kier molecular flexibility index (Phi) is 6.38. The van der Waals surface area contributed by atoms with Gasteiger partial charge in [-0.15, -0.1) is 0 Å². The number of carbonyl (C=O) groups excluding carboxylic acids is 1. The number of halogens is 1. The minimum atomic E-state index is -0.467. The second kappa shape index (κ2) is 9.14. The van der Waals surface area contributed by atoms with Gasteiger partial charge in [-0.1, -0.05) is 42.1 Å². The zero-order chi connectivity index (χ0) is 19.9. The Bertz CT molecular complexity index is 939. The van der Waals surface area contributed by atoms with E-state index in [1.165, 1.54) is 12.1 Å². The van der Waals surface area contributed by atoms with Crippen molar-refractivity contribution >= 4 is 35.3 Å². The number of nitrogens with one attached hydrogen (secondary N) is 2. The van der Waals surface area contributed by atoms with Gasteiger partial charge in [0.25, 0.3) is 0 Å². The van der Waals surface area contributed by atoms with E-state index in [-0.39, 0.29) is 23.6 Å². The number of anilines is 3. The molecule has 0 aliphatic carbocycles. The van der Waals surface area contributed by atoms with Crippen molar-refractivity contribution in [3.63, 3.8) is 0 Å². The normalized spacial score (nSPS) is 11.6. The van der Waals surface area contributed by atoms with Crippen molar-refractivity contribution in [2.75, 3.05) is 16.4 Å². The molecular formula is C19H19FN6OS. The highest BCUT2D eigenvalue weighted by Gasteiger charge is 2.12. The standard InChI is InChI=1S/C19H19FN6OS/c1-12(13-5-3-2-4-6-13)22-17-24-18(23-15-9-7-14(20)8-10-15)26-19(25-17)28-11-16(21)27/h2-10,12H,11H2,1H3,(H2,21,27)(H2,22,23,24,25,26)/t12-/m0/s1. The number of amides is 1. The SMILES string of the molecule is C[C@H](Nc1nc(Nc2ccc(F)cc2)nc(SCC(N)=O)n1)c1ccccc1. The monoisotopic (exact) mass is 398 g/mol. The van der Waals surface area contributed by atoms with Crippen LogP contribution in [-0.4, -0.2) is 26.6 Å². The predicted octanol–water partition coefficient (Wildman–Crippen LogP) is 3.50. The van der Waals surface area contributed by atoms with Gasteiger partial charge in [-0.3, -0.25) is 4.79 Å². The maximum absolute atomic E-state index is 13.1. The quantitative estimate of drug-likeness (QED) is 0.499. The topological polar surface area (TPSA) is 106 Å². The zero-order valence-corrected chi connectivity index (χ0v) is 15.9. The van der Waals surface area contributed by atoms with E-state index in [1.807, 2.05) is 37.3 Å². The summed E-state index contributed by atoms with van der Waals surface area (Å²) in [6.45, 7) is 1.99. The maximum atomic E-state index is 13.1. The van der Waals surface area contributed by atoms with E-state index >= 15 is 0 Å². The van der Waals surface area contributed by atoms with Crippen LogP contribution in [0.25, 0.3) is 0 Å². The summed E-state index contributed by atoms with van der Waals surface area (Å²) >= 11 is 1.12. The second-order valence-corrected chi connectivity index (χ2v) is 6.87. The van der Waals surface area contributed by atoms with Crippen molar-refractivity contribution in [3.8, 4) is 0 Å². The summed E-state index contributed by atoms with van der Waals surface area (Å²) in [6.07, 6.45) is 0. The Morgan fingerprint density at radius 2 is 1.75 bits per heavy atom. The lowest BCUT2D eigenvalue weighted by Gasteiger charge is -2.15. The Labute approximate surface area is 166 Å². The van der Waals surface area contributed by atoms with Crippen LogP contribution in [0.15, 0.2) is 59.8 Å². The van der Waals surface area contributed by atoms with Gasteiger partial charge in [-0.2, -0.15) is 15.0 Å². The van der Waals surface area contributed by atoms with E-state index in [0.29, 0.717) is 16.8 Å². The minimum Gasteiger partial charge on any atom is -0.369 e. The molecule has 9 heteroatoms. The lowest BCUT2D eigenvalue weighted by molar-refractivity contribution is -0.115. The maximum Gasteiger partial charge on any atom is 0.233 e. The Hall–Kier alpha value is -3.20. The van der Waals surface area contributed by atoms with Gasteiger partial charge < -0.3 is 16.4 Å². The lowest BCUT2D eigenvalue weighted by Crippen LogP contribution is -2.15. The number of hydrogen-bond acceptors (Lipinski definition) is 7. The molecule has 144 valence electrons. The summed E-state index contributed by atoms with van der Waals surface area (Å²) in [4.78, 5) is 24.1. The van der Waals surface area contributed by atoms with E-state index in [9.17, 15) is 9.18 Å². The van der Waals surface area contributed by atoms with Crippen molar-refractivity contribution in [3.05, 3.63) is 66.0 Å². The predicted molar refractivity (Wildman–Crippen MR) is 108 cm³/mol. The van der Waals surface area contributed by atoms with Crippen molar-refractivity contribution in [1.29, 1.82) is 0 Å². The van der Waals surface area contributed by atoms with Gasteiger partial charge in [0.05, 0.1) is 11.8 Å². The fraction of sp³-hybridized carbons (Fsp3) is 0.158. The highest BCUT2D eigenvalue weighted by atomic mass is 32.2. The third-order valence-electron chi connectivity index (χ3n) is 3.70. The first-order valence-corrected chi connectivity index (χ1v) is 9.49. The van der Waals surface area contributed by atoms with Gasteiger partial charge in [-0.25, -0.2) is 4.39 Å². The molecule has 0 radical (unpaired) electrons. The molecule has 0 saturated carbocycles. The molecule has 3 rings (SSSR count). The minimum absolute atomic E-state index is 0.0451. The number of primary amides is 1. The van der Waals surface area contributed by atoms with Gasteiger partial charge in [-0.05, 0) is 36.8 Å². The Morgan fingerprint density at radius 1 is 1.07 bits per heavy atom. The molecule has 0 bridgehead atoms. The average Bonchev–Trinajstić information content (AvgIpc) is 2.69. The second-order valence-electron chi connectivity index (χ2n) is 5.93. The first-order valence-electron chi connectivity index (χ1n) is 8.51. The average molecular weight is 398 g/mol. The molecule has 0 unspecified atom stereocenters. The van der Waals surface area contributed by atoms with Gasteiger partial charge in [0, 0.05) is 5.69 Å². The van der Waals surface area contributed by atoms with E-state index in [4.69, 9.17) is 5.73 Å². The fourth-order valence-corrected chi connectivity index (χ4v) is 2.93. The van der Waals surface area contributed by atoms with E-state index in [1.54, 1.807) is 12.1 Å². The first-order chi connectivity index (χ1) is 13.5. The summed E-state index contributed by atoms with van der Waals surface area (Å²) < 4.78 is 13.1. The summed E-state index contributed by atoms with van der Waals surface area (Å²) in [5.74, 6) is -0.129. The molecule has 0 saturated heterocycles. The number of hydrogen-bond donors (Lipinski definition) is 3. The van der Waals surface area contributed by atoms with E-state index in [0.717, 1.165) is 17.3 Å². The highest BCUT2D eigenvalue weighted by Crippen LogP contribution is 2.22. The third kappa shape index (κ3) is 5.65. The first kappa shape index (κ1) is 19.6. The zero-order valence-electron chi connectivity index (χ0n) is 15.1. The molecule has 2 aromatic carbocycles. The van der Waals surface area contributed by atoms with E-state index < -0.39 is 5.91 Å². The van der Waals surface area contributed by atoms with Gasteiger partial charge >= 0.3 is 0 Å². The summed E-state index contributed by atoms with van der Waals surface area (Å²) in [7, 11) is 0. The molecule has 1 aromatic heterocycles. The van der Waals surface area contributed by atoms with Crippen LogP contribution in [0.2, 0.25) is 0 Å². The lowest BCUT2D eigenvalue weighted by atomic mass is 10.1. The van der Waals surface area contributed by atoms with Crippen molar-refractivity contribution in [2.24, 2.45) is 5.73 Å². The van der Waals surface area contributed by atoms with Crippen LogP contribution in [0.4, 0.5) is 22.0 Å². The molecule has 0 aliphatic heterocycles. The van der Waals surface area contributed by atoms with Gasteiger partial charge in [0.1, 0.15) is 5.82 Å². The largest absolute Gasteiger partial charge is 0.369 e. The number of carbonyl (C=O) groups is 1. The molecule has 3 aromatic rings. The molecule has 1 amide bonds. The molecule has 28 heavy (non-hydrogen) atoms. The van der Waals surface area contributed by atoms with Crippen molar-refractivity contribution in [2.45, 2.75) is 18.1 Å². The molecule has 4 N–H and O–H groups in total. The number of benzene rings is 2. The summed E-state index contributed by atoms with van der Waals surface area (Å²) in [6, 6.07) is 15.6. The van der Waals surface area contributed by atoms with Crippen LogP contribution in [0.5, 0.6) is 0 Å². The summed E-state index contributed by atoms with van der Waals surface area (Å²) in [5.41, 5.74) is 6.91. The Morgan fingerprint density at radius 3 is 2.43 bits per heavy atom.